The van der Waals surface area contributed by atoms with Crippen LogP contribution in [0.4, 0.5) is 0 Å². The van der Waals surface area contributed by atoms with E-state index in [0.717, 1.165) is 35.3 Å². The van der Waals surface area contributed by atoms with Crippen molar-refractivity contribution in [3.8, 4) is 0 Å². The van der Waals surface area contributed by atoms with E-state index in [9.17, 15) is 19.2 Å². The molecule has 4 rings (SSSR count). The summed E-state index contributed by atoms with van der Waals surface area (Å²) in [6, 6.07) is 4.56. The van der Waals surface area contributed by atoms with E-state index >= 15 is 0 Å². The minimum absolute atomic E-state index is 0.228. The lowest BCUT2D eigenvalue weighted by Gasteiger charge is -2.28. The number of carbonyl (C=O) groups excluding carboxylic acids is 4. The van der Waals surface area contributed by atoms with Gasteiger partial charge < -0.3 is 4.74 Å². The van der Waals surface area contributed by atoms with Crippen molar-refractivity contribution < 1.29 is 23.9 Å². The summed E-state index contributed by atoms with van der Waals surface area (Å²) < 4.78 is 5.34. The lowest BCUT2D eigenvalue weighted by Crippen LogP contribution is -2.50. The number of benzene rings is 1. The Morgan fingerprint density at radius 3 is 2.23 bits per heavy atom. The van der Waals surface area contributed by atoms with Gasteiger partial charge in [0.25, 0.3) is 0 Å². The van der Waals surface area contributed by atoms with Gasteiger partial charge in [-0.3, -0.25) is 19.3 Å². The summed E-state index contributed by atoms with van der Waals surface area (Å²) in [6.07, 6.45) is 2.92. The molecule has 0 unspecified atom stereocenters. The maximum Gasteiger partial charge on any atom is 0.330 e. The van der Waals surface area contributed by atoms with E-state index in [1.807, 2.05) is 26.0 Å². The average Bonchev–Trinajstić information content (AvgIpc) is 3.37. The second kappa shape index (κ2) is 7.64. The zero-order valence-corrected chi connectivity index (χ0v) is 18.0. The average molecular weight is 411 g/mol. The molecular formula is C24H29NO5. The third-order valence-corrected chi connectivity index (χ3v) is 7.15. The summed E-state index contributed by atoms with van der Waals surface area (Å²) >= 11 is 0. The minimum Gasteiger partial charge on any atom is -0.456 e. The first-order valence-corrected chi connectivity index (χ1v) is 10.8. The van der Waals surface area contributed by atoms with Crippen LogP contribution in [0.2, 0.25) is 0 Å². The molecule has 6 nitrogen and oxygen atoms in total. The van der Waals surface area contributed by atoms with Gasteiger partial charge in [0.1, 0.15) is 6.04 Å². The molecule has 2 saturated carbocycles. The first-order valence-electron chi connectivity index (χ1n) is 10.8. The lowest BCUT2D eigenvalue weighted by atomic mass is 9.81. The van der Waals surface area contributed by atoms with E-state index in [2.05, 4.69) is 0 Å². The van der Waals surface area contributed by atoms with Crippen molar-refractivity contribution in [3.05, 3.63) is 34.9 Å². The molecule has 0 N–H and O–H groups in total. The van der Waals surface area contributed by atoms with Gasteiger partial charge in [-0.25, -0.2) is 4.79 Å². The van der Waals surface area contributed by atoms with E-state index in [-0.39, 0.29) is 47.2 Å². The first-order chi connectivity index (χ1) is 14.2. The van der Waals surface area contributed by atoms with Crippen LogP contribution in [0.3, 0.4) is 0 Å². The predicted molar refractivity (Wildman–Crippen MR) is 109 cm³/mol. The molecule has 6 heteroatoms. The topological polar surface area (TPSA) is 80.8 Å². The molecule has 3 fully saturated rings. The molecule has 1 aromatic rings. The molecular weight excluding hydrogens is 382 g/mol. The normalized spacial score (nSPS) is 28.2. The summed E-state index contributed by atoms with van der Waals surface area (Å²) in [5, 5.41) is 0. The fourth-order valence-corrected chi connectivity index (χ4v) is 5.72. The van der Waals surface area contributed by atoms with Crippen LogP contribution in [0.5, 0.6) is 0 Å². The number of Topliss-reactive ketones (excluding diaryl/α,β-unsaturated/α-hetero) is 1. The number of nitrogens with zero attached hydrogens (tertiary/aromatic N) is 1. The van der Waals surface area contributed by atoms with E-state index in [1.54, 1.807) is 19.9 Å². The van der Waals surface area contributed by atoms with Gasteiger partial charge in [-0.15, -0.1) is 0 Å². The van der Waals surface area contributed by atoms with E-state index in [0.29, 0.717) is 5.56 Å². The molecule has 2 bridgehead atoms. The molecule has 0 spiro atoms. The Morgan fingerprint density at radius 1 is 1.07 bits per heavy atom. The first kappa shape index (κ1) is 20.8. The number of hydrogen-bond donors (Lipinski definition) is 0. The fraction of sp³-hybridized carbons (Fsp3) is 0.583. The zero-order chi connectivity index (χ0) is 21.7. The number of amides is 2. The quantitative estimate of drug-likeness (QED) is 0.408. The molecule has 5 atom stereocenters. The van der Waals surface area contributed by atoms with Crippen LogP contribution in [-0.2, 0) is 19.1 Å². The van der Waals surface area contributed by atoms with Gasteiger partial charge in [0.2, 0.25) is 17.6 Å². The minimum atomic E-state index is -0.985. The monoisotopic (exact) mass is 411 g/mol. The molecule has 2 amide bonds. The SMILES string of the molecule is Cc1ccc(C)c(C(=O)COC(=O)[C@@H](C(C)C)N2C(=O)[C@H]3[C@@H]4CC[C@H](C4)[C@@H]3C2=O)c1. The molecule has 3 aliphatic rings. The van der Waals surface area contributed by atoms with Crippen LogP contribution < -0.4 is 0 Å². The van der Waals surface area contributed by atoms with E-state index in [1.165, 1.54) is 0 Å². The fourth-order valence-electron chi connectivity index (χ4n) is 5.72. The third-order valence-electron chi connectivity index (χ3n) is 7.15. The number of fused-ring (bicyclic) bond motifs is 5. The number of likely N-dealkylation sites (tertiary alicyclic amines) is 1. The summed E-state index contributed by atoms with van der Waals surface area (Å²) in [4.78, 5) is 52.9. The van der Waals surface area contributed by atoms with Crippen molar-refractivity contribution in [2.75, 3.05) is 6.61 Å². The Balaban J connectivity index is 1.49. The highest BCUT2D eigenvalue weighted by Gasteiger charge is 2.62. The molecule has 1 heterocycles. The highest BCUT2D eigenvalue weighted by Crippen LogP contribution is 2.56. The van der Waals surface area contributed by atoms with Crippen molar-refractivity contribution in [2.45, 2.75) is 53.0 Å². The van der Waals surface area contributed by atoms with Crippen molar-refractivity contribution in [3.63, 3.8) is 0 Å². The second-order valence-corrected chi connectivity index (χ2v) is 9.47. The highest BCUT2D eigenvalue weighted by atomic mass is 16.5. The number of esters is 1. The Bertz CT molecular complexity index is 892. The number of ether oxygens (including phenoxy) is 1. The van der Waals surface area contributed by atoms with Crippen molar-refractivity contribution >= 4 is 23.6 Å². The Kier molecular flexibility index (Phi) is 5.28. The maximum atomic E-state index is 13.1. The van der Waals surface area contributed by atoms with Crippen LogP contribution in [0.25, 0.3) is 0 Å². The van der Waals surface area contributed by atoms with Crippen molar-refractivity contribution in [1.29, 1.82) is 0 Å². The molecule has 1 saturated heterocycles. The second-order valence-electron chi connectivity index (χ2n) is 9.47. The maximum absolute atomic E-state index is 13.1. The molecule has 0 aromatic heterocycles. The van der Waals surface area contributed by atoms with Crippen LogP contribution in [-0.4, -0.2) is 41.1 Å². The third kappa shape index (κ3) is 3.26. The van der Waals surface area contributed by atoms with Gasteiger partial charge in [0, 0.05) is 5.56 Å². The smallest absolute Gasteiger partial charge is 0.330 e. The molecule has 160 valence electrons. The van der Waals surface area contributed by atoms with Gasteiger partial charge in [-0.05, 0) is 62.5 Å². The van der Waals surface area contributed by atoms with E-state index < -0.39 is 18.6 Å². The van der Waals surface area contributed by atoms with Gasteiger partial charge in [-0.1, -0.05) is 31.5 Å². The van der Waals surface area contributed by atoms with E-state index in [4.69, 9.17) is 4.74 Å². The van der Waals surface area contributed by atoms with Crippen molar-refractivity contribution in [2.24, 2.45) is 29.6 Å². The number of aryl methyl sites for hydroxylation is 2. The lowest BCUT2D eigenvalue weighted by molar-refractivity contribution is -0.160. The van der Waals surface area contributed by atoms with Crippen LogP contribution >= 0.6 is 0 Å². The van der Waals surface area contributed by atoms with Crippen LogP contribution in [0.15, 0.2) is 18.2 Å². The number of imide groups is 1. The van der Waals surface area contributed by atoms with Gasteiger partial charge in [-0.2, -0.15) is 0 Å². The van der Waals surface area contributed by atoms with Crippen LogP contribution in [0.1, 0.15) is 54.6 Å². The number of hydrogen-bond acceptors (Lipinski definition) is 5. The number of carbonyl (C=O) groups is 4. The highest BCUT2D eigenvalue weighted by molar-refractivity contribution is 6.09. The van der Waals surface area contributed by atoms with Crippen molar-refractivity contribution in [1.82, 2.24) is 4.90 Å². The molecule has 0 radical (unpaired) electrons. The Labute approximate surface area is 177 Å². The van der Waals surface area contributed by atoms with Gasteiger partial charge in [0.15, 0.2) is 6.61 Å². The summed E-state index contributed by atoms with van der Waals surface area (Å²) in [5.74, 6) is -1.75. The van der Waals surface area contributed by atoms with Crippen LogP contribution in [0, 0.1) is 43.4 Å². The molecule has 2 aliphatic carbocycles. The summed E-state index contributed by atoms with van der Waals surface area (Å²) in [5.41, 5.74) is 2.28. The molecule has 1 aliphatic heterocycles. The van der Waals surface area contributed by atoms with Gasteiger partial charge in [0.05, 0.1) is 11.8 Å². The van der Waals surface area contributed by atoms with Gasteiger partial charge >= 0.3 is 5.97 Å². The molecule has 1 aromatic carbocycles. The molecule has 30 heavy (non-hydrogen) atoms. The summed E-state index contributed by atoms with van der Waals surface area (Å²) in [7, 11) is 0. The summed E-state index contributed by atoms with van der Waals surface area (Å²) in [6.45, 7) is 6.91. The predicted octanol–water partition coefficient (Wildman–Crippen LogP) is 3.09. The largest absolute Gasteiger partial charge is 0.456 e. The Morgan fingerprint density at radius 2 is 1.67 bits per heavy atom. The standard InChI is InChI=1S/C24H29NO5/c1-12(2)21(24(29)30-11-18(26)17-9-13(3)5-6-14(17)4)25-22(27)19-15-7-8-16(10-15)20(19)23(25)28/h5-6,9,12,15-16,19-21H,7-8,10-11H2,1-4H3/t15-,16-,19+,20+,21-/m1/s1. The number of rotatable bonds is 6. The zero-order valence-electron chi connectivity index (χ0n) is 18.0. The Hall–Kier alpha value is -2.50. The number of ketones is 1.